The molecule has 1 aliphatic heterocycles. The number of hydrogen-bond donors (Lipinski definition) is 1. The zero-order chi connectivity index (χ0) is 10.7. The minimum atomic E-state index is -0.892. The summed E-state index contributed by atoms with van der Waals surface area (Å²) in [6.07, 6.45) is 5.36. The van der Waals surface area contributed by atoms with Crippen molar-refractivity contribution in [3.8, 4) is 0 Å². The Bertz CT molecular complexity index is 374. The van der Waals surface area contributed by atoms with E-state index in [4.69, 9.17) is 9.84 Å². The lowest BCUT2D eigenvalue weighted by atomic mass is 10.1. The normalized spacial score (nSPS) is 19.3. The molecule has 1 N–H and O–H groups in total. The molecule has 2 rings (SSSR count). The van der Waals surface area contributed by atoms with Gasteiger partial charge < -0.3 is 9.84 Å². The van der Waals surface area contributed by atoms with Gasteiger partial charge in [-0.1, -0.05) is 24.3 Å². The Morgan fingerprint density at radius 2 is 2.13 bits per heavy atom. The van der Waals surface area contributed by atoms with E-state index in [1.807, 2.05) is 12.2 Å². The first-order valence-electron chi connectivity index (χ1n) is 4.87. The van der Waals surface area contributed by atoms with Crippen molar-refractivity contribution in [1.82, 2.24) is 0 Å². The summed E-state index contributed by atoms with van der Waals surface area (Å²) in [6, 6.07) is 6.81. The molecule has 1 atom stereocenters. The Labute approximate surface area is 88.0 Å². The Morgan fingerprint density at radius 1 is 1.47 bits per heavy atom. The number of carboxylic acids is 1. The number of benzene rings is 1. The summed E-state index contributed by atoms with van der Waals surface area (Å²) in [4.78, 5) is 10.6. The molecular formula is C12H12O3. The number of carbonyl (C=O) groups is 1. The van der Waals surface area contributed by atoms with E-state index in [-0.39, 0.29) is 0 Å². The third kappa shape index (κ3) is 2.92. The van der Waals surface area contributed by atoms with E-state index in [1.165, 1.54) is 0 Å². The fraction of sp³-hybridized carbons (Fsp3) is 0.250. The summed E-state index contributed by atoms with van der Waals surface area (Å²) < 4.78 is 5.07. The molecule has 0 saturated carbocycles. The molecule has 0 aliphatic carbocycles. The summed E-state index contributed by atoms with van der Waals surface area (Å²) in [7, 11) is 0. The topological polar surface area (TPSA) is 49.8 Å². The Morgan fingerprint density at radius 3 is 2.67 bits per heavy atom. The van der Waals surface area contributed by atoms with Crippen LogP contribution >= 0.6 is 0 Å². The molecule has 0 amide bonds. The molecule has 1 fully saturated rings. The van der Waals surface area contributed by atoms with Gasteiger partial charge >= 0.3 is 5.97 Å². The van der Waals surface area contributed by atoms with Gasteiger partial charge in [0.15, 0.2) is 0 Å². The van der Waals surface area contributed by atoms with E-state index >= 15 is 0 Å². The molecule has 0 radical (unpaired) electrons. The SMILES string of the molecule is O=C(O)c1ccc(C=CCC2CO2)cc1. The second kappa shape index (κ2) is 4.28. The van der Waals surface area contributed by atoms with E-state index in [9.17, 15) is 4.79 Å². The molecule has 15 heavy (non-hydrogen) atoms. The van der Waals surface area contributed by atoms with Crippen molar-refractivity contribution < 1.29 is 14.6 Å². The highest BCUT2D eigenvalue weighted by Crippen LogP contribution is 2.15. The molecule has 1 saturated heterocycles. The predicted molar refractivity (Wildman–Crippen MR) is 56.8 cm³/mol. The highest BCUT2D eigenvalue weighted by Gasteiger charge is 2.19. The fourth-order valence-corrected chi connectivity index (χ4v) is 1.30. The van der Waals surface area contributed by atoms with E-state index in [0.29, 0.717) is 11.7 Å². The molecule has 1 aromatic rings. The lowest BCUT2D eigenvalue weighted by Gasteiger charge is -1.95. The van der Waals surface area contributed by atoms with E-state index in [1.54, 1.807) is 24.3 Å². The second-order valence-corrected chi connectivity index (χ2v) is 3.52. The second-order valence-electron chi connectivity index (χ2n) is 3.52. The number of epoxide rings is 1. The van der Waals surface area contributed by atoms with Crippen molar-refractivity contribution in [1.29, 1.82) is 0 Å². The summed E-state index contributed by atoms with van der Waals surface area (Å²) in [5.74, 6) is -0.892. The van der Waals surface area contributed by atoms with Crippen molar-refractivity contribution in [3.05, 3.63) is 41.5 Å². The zero-order valence-corrected chi connectivity index (χ0v) is 8.22. The molecule has 1 unspecified atom stereocenters. The lowest BCUT2D eigenvalue weighted by molar-refractivity contribution is 0.0697. The van der Waals surface area contributed by atoms with Crippen molar-refractivity contribution in [2.75, 3.05) is 6.61 Å². The van der Waals surface area contributed by atoms with Gasteiger partial charge in [-0.25, -0.2) is 4.79 Å². The first-order chi connectivity index (χ1) is 7.25. The lowest BCUT2D eigenvalue weighted by Crippen LogP contribution is -1.94. The van der Waals surface area contributed by atoms with E-state index in [0.717, 1.165) is 18.6 Å². The summed E-state index contributed by atoms with van der Waals surface area (Å²) in [5, 5.41) is 8.70. The van der Waals surface area contributed by atoms with Crippen LogP contribution in [0.3, 0.4) is 0 Å². The van der Waals surface area contributed by atoms with Gasteiger partial charge in [-0.15, -0.1) is 0 Å². The molecule has 1 heterocycles. The Balaban J connectivity index is 1.96. The number of ether oxygens (including phenoxy) is 1. The van der Waals surface area contributed by atoms with Crippen LogP contribution in [0.4, 0.5) is 0 Å². The average Bonchev–Trinajstić information content (AvgIpc) is 3.02. The van der Waals surface area contributed by atoms with Gasteiger partial charge in [-0.3, -0.25) is 0 Å². The number of carboxylic acid groups (broad SMARTS) is 1. The maximum absolute atomic E-state index is 10.6. The van der Waals surface area contributed by atoms with Gasteiger partial charge in [0.05, 0.1) is 18.3 Å². The molecule has 3 nitrogen and oxygen atoms in total. The molecule has 0 bridgehead atoms. The molecule has 1 aromatic carbocycles. The van der Waals surface area contributed by atoms with Gasteiger partial charge in [0.25, 0.3) is 0 Å². The molecule has 1 aliphatic rings. The van der Waals surface area contributed by atoms with Crippen LogP contribution in [0.5, 0.6) is 0 Å². The standard InChI is InChI=1S/C12H12O3/c13-12(14)10-6-4-9(5-7-10)2-1-3-11-8-15-11/h1-2,4-7,11H,3,8H2,(H,13,14). The maximum Gasteiger partial charge on any atom is 0.335 e. The molecule has 3 heteroatoms. The summed E-state index contributed by atoms with van der Waals surface area (Å²) in [6.45, 7) is 0.863. The molecule has 0 spiro atoms. The van der Waals surface area contributed by atoms with Crippen molar-refractivity contribution in [2.24, 2.45) is 0 Å². The number of rotatable bonds is 4. The van der Waals surface area contributed by atoms with Crippen LogP contribution in [0.1, 0.15) is 22.3 Å². The van der Waals surface area contributed by atoms with Crippen molar-refractivity contribution in [2.45, 2.75) is 12.5 Å². The molecule has 0 aromatic heterocycles. The van der Waals surface area contributed by atoms with Crippen LogP contribution in [0.15, 0.2) is 30.3 Å². The number of aromatic carboxylic acids is 1. The third-order valence-corrected chi connectivity index (χ3v) is 2.27. The minimum Gasteiger partial charge on any atom is -0.478 e. The van der Waals surface area contributed by atoms with E-state index in [2.05, 4.69) is 0 Å². The van der Waals surface area contributed by atoms with Crippen LogP contribution in [0.25, 0.3) is 6.08 Å². The zero-order valence-electron chi connectivity index (χ0n) is 8.22. The van der Waals surface area contributed by atoms with Crippen LogP contribution in [0, 0.1) is 0 Å². The first-order valence-corrected chi connectivity index (χ1v) is 4.87. The third-order valence-electron chi connectivity index (χ3n) is 2.27. The molecular weight excluding hydrogens is 192 g/mol. The van der Waals surface area contributed by atoms with Crippen LogP contribution in [-0.2, 0) is 4.74 Å². The average molecular weight is 204 g/mol. The van der Waals surface area contributed by atoms with Gasteiger partial charge in [0, 0.05) is 0 Å². The van der Waals surface area contributed by atoms with E-state index < -0.39 is 5.97 Å². The van der Waals surface area contributed by atoms with Crippen LogP contribution in [0.2, 0.25) is 0 Å². The highest BCUT2D eigenvalue weighted by molar-refractivity contribution is 5.87. The smallest absolute Gasteiger partial charge is 0.335 e. The van der Waals surface area contributed by atoms with Gasteiger partial charge in [-0.2, -0.15) is 0 Å². The van der Waals surface area contributed by atoms with Crippen molar-refractivity contribution >= 4 is 12.0 Å². The molecule has 78 valence electrons. The van der Waals surface area contributed by atoms with Crippen LogP contribution in [-0.4, -0.2) is 23.8 Å². The Kier molecular flexibility index (Phi) is 2.83. The van der Waals surface area contributed by atoms with Crippen molar-refractivity contribution in [3.63, 3.8) is 0 Å². The Hall–Kier alpha value is -1.61. The van der Waals surface area contributed by atoms with Gasteiger partial charge in [0.2, 0.25) is 0 Å². The summed E-state index contributed by atoms with van der Waals surface area (Å²) in [5.41, 5.74) is 1.33. The fourth-order valence-electron chi connectivity index (χ4n) is 1.30. The first kappa shape index (κ1) is 9.93. The minimum absolute atomic E-state index is 0.317. The monoisotopic (exact) mass is 204 g/mol. The largest absolute Gasteiger partial charge is 0.478 e. The number of hydrogen-bond acceptors (Lipinski definition) is 2. The van der Waals surface area contributed by atoms with Gasteiger partial charge in [-0.05, 0) is 24.1 Å². The quantitative estimate of drug-likeness (QED) is 0.765. The van der Waals surface area contributed by atoms with Crippen LogP contribution < -0.4 is 0 Å². The predicted octanol–water partition coefficient (Wildman–Crippen LogP) is 2.19. The highest BCUT2D eigenvalue weighted by atomic mass is 16.6. The van der Waals surface area contributed by atoms with Gasteiger partial charge in [0.1, 0.15) is 0 Å². The maximum atomic E-state index is 10.6. The summed E-state index contributed by atoms with van der Waals surface area (Å²) >= 11 is 0.